The van der Waals surface area contributed by atoms with Crippen LogP contribution in [0.5, 0.6) is 5.75 Å². The van der Waals surface area contributed by atoms with Crippen LogP contribution in [0.25, 0.3) is 0 Å². The number of aliphatic hydroxyl groups is 6. The van der Waals surface area contributed by atoms with Crippen molar-refractivity contribution < 1.29 is 118 Å². The van der Waals surface area contributed by atoms with Crippen LogP contribution in [0.1, 0.15) is 157 Å². The van der Waals surface area contributed by atoms with Crippen LogP contribution in [-0.4, -0.2) is 243 Å². The molecule has 5 aliphatic carbocycles. The molecule has 0 unspecified atom stereocenters. The Morgan fingerprint density at radius 3 is 1.60 bits per heavy atom. The Morgan fingerprint density at radius 1 is 0.493 bits per heavy atom. The predicted molar refractivity (Wildman–Crippen MR) is 501 cm³/mol. The highest BCUT2D eigenvalue weighted by Gasteiger charge is 2.45. The van der Waals surface area contributed by atoms with E-state index in [-0.39, 0.29) is 144 Å². The molecule has 14 atom stereocenters. The molecule has 0 bridgehead atoms. The third-order valence-electron chi connectivity index (χ3n) is 24.5. The number of benzene rings is 2. The molecular formula is C89H105ClF3N21O24S4. The summed E-state index contributed by atoms with van der Waals surface area (Å²) in [5.74, 6) is -3.25. The zero-order valence-corrected chi connectivity index (χ0v) is 79.9. The molecule has 11 aromatic rings. The van der Waals surface area contributed by atoms with E-state index in [1.807, 2.05) is 18.2 Å². The topological polar surface area (TPSA) is 670 Å². The first-order valence-corrected chi connectivity index (χ1v) is 50.8. The van der Waals surface area contributed by atoms with Crippen molar-refractivity contribution >= 4 is 93.1 Å². The number of aliphatic hydroxyl groups excluding tert-OH is 6. The molecule has 762 valence electrons. The fraction of sp³-hybridized carbons (Fsp3) is 0.416. The number of halogens is 4. The van der Waals surface area contributed by atoms with Gasteiger partial charge in [-0.15, -0.1) is 13.2 Å². The molecule has 0 radical (unpaired) electrons. The zero-order chi connectivity index (χ0) is 102. The van der Waals surface area contributed by atoms with Gasteiger partial charge in [0.25, 0.3) is 5.56 Å². The zero-order valence-electron chi connectivity index (χ0n) is 75.9. The van der Waals surface area contributed by atoms with E-state index in [9.17, 15) is 101 Å². The molecule has 0 amide bonds. The van der Waals surface area contributed by atoms with Crippen molar-refractivity contribution in [2.24, 2.45) is 63.1 Å². The fourth-order valence-electron chi connectivity index (χ4n) is 17.6. The van der Waals surface area contributed by atoms with E-state index >= 15 is 0 Å². The van der Waals surface area contributed by atoms with E-state index in [1.165, 1.54) is 109 Å². The Balaban J connectivity index is 0.000000159. The molecule has 0 spiro atoms. The molecule has 5 fully saturated rings. The van der Waals surface area contributed by atoms with Gasteiger partial charge in [0.15, 0.2) is 5.78 Å². The highest BCUT2D eigenvalue weighted by Crippen LogP contribution is 2.38. The average Bonchev–Trinajstić information content (AvgIpc) is 1.66. The molecule has 16 rings (SSSR count). The lowest BCUT2D eigenvalue weighted by Crippen LogP contribution is -2.36. The molecule has 53 heteroatoms. The van der Waals surface area contributed by atoms with Gasteiger partial charge in [-0.1, -0.05) is 61.2 Å². The van der Waals surface area contributed by atoms with Gasteiger partial charge in [-0.25, -0.2) is 40.5 Å². The lowest BCUT2D eigenvalue weighted by molar-refractivity contribution is -0.274. The van der Waals surface area contributed by atoms with Crippen LogP contribution < -0.4 is 46.8 Å². The van der Waals surface area contributed by atoms with E-state index in [2.05, 4.69) is 82.6 Å². The summed E-state index contributed by atoms with van der Waals surface area (Å²) in [6.45, 7) is 0.443. The number of ketones is 4. The number of ether oxygens (including phenoxy) is 1. The van der Waals surface area contributed by atoms with Crippen molar-refractivity contribution in [3.63, 3.8) is 0 Å². The van der Waals surface area contributed by atoms with Gasteiger partial charge in [0.2, 0.25) is 17.3 Å². The summed E-state index contributed by atoms with van der Waals surface area (Å²) in [6.07, 6.45) is 18.3. The highest BCUT2D eigenvalue weighted by atomic mass is 35.5. The maximum Gasteiger partial charge on any atom is 0.573 e. The lowest BCUT2D eigenvalue weighted by Gasteiger charge is -2.21. The van der Waals surface area contributed by atoms with Crippen molar-refractivity contribution in [1.82, 2.24) is 68.4 Å². The molecule has 2 aromatic carbocycles. The van der Waals surface area contributed by atoms with Crippen molar-refractivity contribution in [1.29, 1.82) is 0 Å². The Hall–Kier alpha value is -12.0. The molecule has 142 heavy (non-hydrogen) atoms. The van der Waals surface area contributed by atoms with E-state index in [0.717, 1.165) is 12.1 Å². The smallest absolute Gasteiger partial charge is 0.406 e. The van der Waals surface area contributed by atoms with Crippen molar-refractivity contribution in [2.45, 2.75) is 164 Å². The molecule has 0 aliphatic heterocycles. The molecule has 5 saturated carbocycles. The molecule has 9 heterocycles. The highest BCUT2D eigenvalue weighted by molar-refractivity contribution is 7.85. The SMILES string of the molecule is Cn1cccc(Cn2ccc(C(=O)c3cncnc3C[C@@H]3C[C@H](COS(N)(=O)=O)[C@@H](O)C3)n2)c1=O.NS(=O)(=O)OC[C@H]1C[C@@H](Nc2ccncc2C(=O)c2ccn(Cc3cccc(Cl)c3)n2)[C@H](O)[C@@H]1O.NS(=O)(=O)OC[C@H]1C[C@@H](Nc2ccncc2C(=O)c2ccn(Cc3cccc(OC(F)(F)F)c3)c2)C[C@@H]1O.NS(=O)(=O)OC[C@H]1C[C@@H](Nc2ncncc2C(=O)c2ccn(CC3CCCCC3)n2)[C@H](O)[C@@H]1O. The Bertz CT molecular complexity index is 6800. The number of carbonyl (C=O) groups excluding carboxylic acids is 4. The fourth-order valence-corrected chi connectivity index (χ4v) is 19.2. The summed E-state index contributed by atoms with van der Waals surface area (Å²) < 4.78 is 156. The second kappa shape index (κ2) is 47.4. The maximum atomic E-state index is 13.3. The van der Waals surface area contributed by atoms with Crippen LogP contribution in [-0.2, 0) is 97.6 Å². The predicted octanol–water partition coefficient (Wildman–Crippen LogP) is 3.81. The van der Waals surface area contributed by atoms with Gasteiger partial charge in [0.1, 0.15) is 53.5 Å². The van der Waals surface area contributed by atoms with Crippen LogP contribution in [0, 0.1) is 35.5 Å². The van der Waals surface area contributed by atoms with Crippen LogP contribution in [0.2, 0.25) is 5.02 Å². The molecule has 45 nitrogen and oxygen atoms in total. The van der Waals surface area contributed by atoms with Crippen LogP contribution >= 0.6 is 11.6 Å². The Kier molecular flexibility index (Phi) is 35.8. The number of carbonyl (C=O) groups is 4. The van der Waals surface area contributed by atoms with E-state index in [0.29, 0.717) is 88.9 Å². The normalized spacial score (nSPS) is 22.0. The second-order valence-electron chi connectivity index (χ2n) is 35.0. The van der Waals surface area contributed by atoms with Gasteiger partial charge in [-0.2, -0.15) is 49.0 Å². The standard InChI is InChI=1S/C24H25F3N4O6S.C22H24ClN5O6S.C22H26N6O6S.C21H30N6O6S/c25-24(26,27)37-19-3-1-2-15(8-19)12-31-7-5-16(13-31)23(33)20-11-29-6-4-21(20)30-18-9-17(22(32)10-18)14-36-38(28,34)35;23-15-3-1-2-13(8-15)11-28-7-5-18(27-28)21(30)16-10-25-6-4-17(16)26-19-9-14(20(29)22(19)31)12-34-35(24,32)33;1-27-5-2-3-15(22(27)31)11-28-6-4-18(26-28)21(30)17-10-24-13-25-19(17)8-14-7-16(20(29)9-14)12-34-35(23,32)33;22-34(31,32)33-11-14-8-17(20(30)18(14)28)25-21-15(9-23-12-24-21)19(29)16-6-7-27(26-16)10-13-4-2-1-3-5-13/h1-8,11,13,17-18,22,32H,9-10,12,14H2,(H,29,30)(H2,28,34,35);1-8,10,14,19-20,22,29,31H,9,11-12H2,(H,25,26)(H2,24,32,33);2-6,10,13-14,16,20,29H,7-9,11-12H2,1H3,(H2,23,32,33);6-7,9,12-14,17-18,20,28,30H,1-5,8,10-11H2,(H2,22,31,32)(H,23,24,25)/t17-,18-,22+;14-,19-,20-,22+;14-,16+,20-;14-,17-,18-,20+/m1101/s1. The first kappa shape index (κ1) is 107. The number of aromatic nitrogens is 14. The molecule has 17 N–H and O–H groups in total. The first-order chi connectivity index (χ1) is 67.3. The minimum atomic E-state index is -4.79. The molecule has 5 aliphatic rings. The number of hydrogen-bond acceptors (Lipinski definition) is 36. The van der Waals surface area contributed by atoms with Crippen LogP contribution in [0.4, 0.5) is 30.4 Å². The quantitative estimate of drug-likeness (QED) is 0.0246. The summed E-state index contributed by atoms with van der Waals surface area (Å²) in [5.41, 5.74) is 5.26. The van der Waals surface area contributed by atoms with Crippen molar-refractivity contribution in [3.05, 3.63) is 267 Å². The number of nitrogens with zero attached hydrogens (tertiary/aromatic N) is 14. The van der Waals surface area contributed by atoms with Crippen LogP contribution in [0.15, 0.2) is 189 Å². The number of aryl methyl sites for hydroxylation is 1. The Labute approximate surface area is 817 Å². The summed E-state index contributed by atoms with van der Waals surface area (Å²) in [4.78, 5) is 89.5. The summed E-state index contributed by atoms with van der Waals surface area (Å²) in [5, 5.41) is 104. The van der Waals surface area contributed by atoms with Crippen molar-refractivity contribution in [3.8, 4) is 5.75 Å². The van der Waals surface area contributed by atoms with Crippen LogP contribution in [0.3, 0.4) is 0 Å². The minimum absolute atomic E-state index is 0.0348. The number of anilines is 3. The monoisotopic (exact) mass is 2070 g/mol. The van der Waals surface area contributed by atoms with Gasteiger partial charge in [-0.3, -0.25) is 64.7 Å². The summed E-state index contributed by atoms with van der Waals surface area (Å²) in [6, 6.07) is 24.4. The molecule has 0 saturated heterocycles. The minimum Gasteiger partial charge on any atom is -0.406 e. The number of alkyl halides is 3. The van der Waals surface area contributed by atoms with Gasteiger partial charge in [0, 0.05) is 152 Å². The van der Waals surface area contributed by atoms with Gasteiger partial charge < -0.3 is 60.5 Å². The van der Waals surface area contributed by atoms with E-state index in [1.54, 1.807) is 119 Å². The lowest BCUT2D eigenvalue weighted by atomic mass is 9.89. The summed E-state index contributed by atoms with van der Waals surface area (Å²) in [7, 11) is -14.9. The first-order valence-electron chi connectivity index (χ1n) is 44.5. The van der Waals surface area contributed by atoms with Crippen molar-refractivity contribution in [2.75, 3.05) is 42.4 Å². The number of nitrogens with one attached hydrogen (secondary N) is 3. The number of hydrogen-bond donors (Lipinski definition) is 13. The third-order valence-corrected chi connectivity index (χ3v) is 26.6. The largest absolute Gasteiger partial charge is 0.573 e. The number of nitrogens with two attached hydrogens (primary N) is 4. The van der Waals surface area contributed by atoms with Gasteiger partial charge in [-0.05, 0) is 147 Å². The number of pyridine rings is 3. The van der Waals surface area contributed by atoms with Gasteiger partial charge >= 0.3 is 47.6 Å². The maximum absolute atomic E-state index is 13.3. The third kappa shape index (κ3) is 30.8. The van der Waals surface area contributed by atoms with E-state index in [4.69, 9.17) is 32.2 Å². The molecule has 9 aromatic heterocycles. The second-order valence-corrected chi connectivity index (χ2v) is 40.3. The Morgan fingerprint density at radius 2 is 1.00 bits per heavy atom. The van der Waals surface area contributed by atoms with E-state index < -0.39 is 114 Å². The van der Waals surface area contributed by atoms with Gasteiger partial charge in [0.05, 0.1) is 104 Å². The average molecular weight is 2070 g/mol. The summed E-state index contributed by atoms with van der Waals surface area (Å²) >= 11 is 6.03. The molecular weight excluding hydrogens is 1970 g/mol. The number of rotatable bonds is 37.